The molecule has 1 aliphatic heterocycles. The SMILES string of the molecule is CCN(CC)S(=O)(=O)c1ccc(OC)c(NCC(=O)N2CCN(C(=O)C3CC3)CC2)c1. The Kier molecular flexibility index (Phi) is 7.42. The van der Waals surface area contributed by atoms with Crippen molar-refractivity contribution in [1.29, 1.82) is 0 Å². The molecule has 1 aromatic carbocycles. The van der Waals surface area contributed by atoms with E-state index >= 15 is 0 Å². The Bertz CT molecular complexity index is 904. The van der Waals surface area contributed by atoms with Crippen LogP contribution in [-0.2, 0) is 19.6 Å². The summed E-state index contributed by atoms with van der Waals surface area (Å²) in [5, 5.41) is 3.03. The Morgan fingerprint density at radius 2 is 1.71 bits per heavy atom. The van der Waals surface area contributed by atoms with Crippen LogP contribution in [0.5, 0.6) is 5.75 Å². The fourth-order valence-corrected chi connectivity index (χ4v) is 5.23. The van der Waals surface area contributed by atoms with Gasteiger partial charge in [-0.15, -0.1) is 0 Å². The molecule has 9 nitrogen and oxygen atoms in total. The minimum atomic E-state index is -3.62. The Morgan fingerprint density at radius 3 is 2.26 bits per heavy atom. The number of hydrogen-bond acceptors (Lipinski definition) is 6. The maximum Gasteiger partial charge on any atom is 0.243 e. The average Bonchev–Trinajstić information content (AvgIpc) is 3.63. The molecule has 1 saturated heterocycles. The van der Waals surface area contributed by atoms with Gasteiger partial charge in [0.25, 0.3) is 0 Å². The van der Waals surface area contributed by atoms with E-state index < -0.39 is 10.0 Å². The lowest BCUT2D eigenvalue weighted by Crippen LogP contribution is -2.52. The number of sulfonamides is 1. The molecule has 0 atom stereocenters. The van der Waals surface area contributed by atoms with Gasteiger partial charge in [-0.05, 0) is 31.0 Å². The summed E-state index contributed by atoms with van der Waals surface area (Å²) in [5.41, 5.74) is 0.451. The van der Waals surface area contributed by atoms with E-state index in [2.05, 4.69) is 5.32 Å². The molecule has 0 aromatic heterocycles. The highest BCUT2D eigenvalue weighted by molar-refractivity contribution is 7.89. The number of nitrogens with zero attached hydrogens (tertiary/aromatic N) is 3. The van der Waals surface area contributed by atoms with E-state index in [1.54, 1.807) is 24.8 Å². The molecule has 31 heavy (non-hydrogen) atoms. The second-order valence-electron chi connectivity index (χ2n) is 7.79. The molecule has 2 aliphatic rings. The van der Waals surface area contributed by atoms with Gasteiger partial charge in [-0.1, -0.05) is 13.8 Å². The number of hydrogen-bond donors (Lipinski definition) is 1. The number of amides is 2. The van der Waals surface area contributed by atoms with Gasteiger partial charge in [0.2, 0.25) is 21.8 Å². The monoisotopic (exact) mass is 452 g/mol. The van der Waals surface area contributed by atoms with E-state index in [1.807, 2.05) is 4.90 Å². The summed E-state index contributed by atoms with van der Waals surface area (Å²) in [5.74, 6) is 0.765. The topological polar surface area (TPSA) is 99.3 Å². The number of benzene rings is 1. The molecule has 2 amide bonds. The van der Waals surface area contributed by atoms with Crippen LogP contribution < -0.4 is 10.1 Å². The van der Waals surface area contributed by atoms with E-state index in [1.165, 1.54) is 23.5 Å². The predicted octanol–water partition coefficient (Wildman–Crippen LogP) is 1.22. The number of methoxy groups -OCH3 is 1. The third-order valence-corrected chi connectivity index (χ3v) is 7.86. The lowest BCUT2D eigenvalue weighted by Gasteiger charge is -2.35. The van der Waals surface area contributed by atoms with Crippen LogP contribution in [0.25, 0.3) is 0 Å². The zero-order chi connectivity index (χ0) is 22.6. The van der Waals surface area contributed by atoms with E-state index in [0.29, 0.717) is 50.7 Å². The minimum absolute atomic E-state index is 0.0156. The standard InChI is InChI=1S/C21H32N4O5S/c1-4-25(5-2)31(28,29)17-8-9-19(30-3)18(14-17)22-15-20(26)23-10-12-24(13-11-23)21(27)16-6-7-16/h8-9,14,16,22H,4-7,10-13,15H2,1-3H3. The first-order chi connectivity index (χ1) is 14.8. The Hall–Kier alpha value is -2.33. The molecule has 10 heteroatoms. The van der Waals surface area contributed by atoms with Crippen LogP contribution in [0.1, 0.15) is 26.7 Å². The van der Waals surface area contributed by atoms with E-state index in [9.17, 15) is 18.0 Å². The van der Waals surface area contributed by atoms with Gasteiger partial charge in [0.1, 0.15) is 5.75 Å². The normalized spacial score (nSPS) is 17.0. The molecule has 1 heterocycles. The molecule has 1 saturated carbocycles. The van der Waals surface area contributed by atoms with Gasteiger partial charge in [0.15, 0.2) is 0 Å². The molecule has 3 rings (SSSR count). The molecular formula is C21H32N4O5S. The molecule has 1 aromatic rings. The van der Waals surface area contributed by atoms with Crippen LogP contribution in [0.2, 0.25) is 0 Å². The summed E-state index contributed by atoms with van der Waals surface area (Å²) >= 11 is 0. The molecule has 1 aliphatic carbocycles. The minimum Gasteiger partial charge on any atom is -0.495 e. The molecular weight excluding hydrogens is 420 g/mol. The van der Waals surface area contributed by atoms with Gasteiger partial charge in [-0.25, -0.2) is 8.42 Å². The van der Waals surface area contributed by atoms with Crippen molar-refractivity contribution in [2.75, 3.05) is 58.2 Å². The maximum atomic E-state index is 12.8. The van der Waals surface area contributed by atoms with Gasteiger partial charge in [0, 0.05) is 45.2 Å². The maximum absolute atomic E-state index is 12.8. The van der Waals surface area contributed by atoms with Crippen molar-refractivity contribution in [2.24, 2.45) is 5.92 Å². The van der Waals surface area contributed by atoms with E-state index in [-0.39, 0.29) is 29.2 Å². The molecule has 0 unspecified atom stereocenters. The molecule has 0 spiro atoms. The van der Waals surface area contributed by atoms with Gasteiger partial charge < -0.3 is 19.9 Å². The fraction of sp³-hybridized carbons (Fsp3) is 0.619. The van der Waals surface area contributed by atoms with Crippen molar-refractivity contribution in [1.82, 2.24) is 14.1 Å². The Labute approximate surface area is 184 Å². The Balaban J connectivity index is 1.62. The first-order valence-corrected chi connectivity index (χ1v) is 12.2. The number of carbonyl (C=O) groups excluding carboxylic acids is 2. The van der Waals surface area contributed by atoms with Crippen molar-refractivity contribution < 1.29 is 22.7 Å². The lowest BCUT2D eigenvalue weighted by atomic mass is 10.2. The highest BCUT2D eigenvalue weighted by atomic mass is 32.2. The average molecular weight is 453 g/mol. The second-order valence-corrected chi connectivity index (χ2v) is 9.72. The van der Waals surface area contributed by atoms with E-state index in [4.69, 9.17) is 4.74 Å². The largest absolute Gasteiger partial charge is 0.495 e. The van der Waals surface area contributed by atoms with Crippen molar-refractivity contribution in [3.63, 3.8) is 0 Å². The second kappa shape index (κ2) is 9.86. The summed E-state index contributed by atoms with van der Waals surface area (Å²) in [6, 6.07) is 4.60. The summed E-state index contributed by atoms with van der Waals surface area (Å²) in [4.78, 5) is 28.6. The molecule has 2 fully saturated rings. The highest BCUT2D eigenvalue weighted by Gasteiger charge is 2.35. The number of anilines is 1. The first kappa shape index (κ1) is 23.3. The van der Waals surface area contributed by atoms with Crippen molar-refractivity contribution in [3.05, 3.63) is 18.2 Å². The number of piperazine rings is 1. The van der Waals surface area contributed by atoms with Crippen LogP contribution in [0.4, 0.5) is 5.69 Å². The zero-order valence-corrected chi connectivity index (χ0v) is 19.3. The third-order valence-electron chi connectivity index (χ3n) is 5.81. The predicted molar refractivity (Wildman–Crippen MR) is 117 cm³/mol. The quantitative estimate of drug-likeness (QED) is 0.605. The van der Waals surface area contributed by atoms with Crippen LogP contribution in [0.3, 0.4) is 0 Å². The van der Waals surface area contributed by atoms with Gasteiger partial charge in [-0.3, -0.25) is 9.59 Å². The molecule has 172 valence electrons. The summed E-state index contributed by atoms with van der Waals surface area (Å²) in [7, 11) is -2.12. The van der Waals surface area contributed by atoms with Crippen LogP contribution in [0, 0.1) is 5.92 Å². The number of rotatable bonds is 9. The van der Waals surface area contributed by atoms with Crippen molar-refractivity contribution in [3.8, 4) is 5.75 Å². The molecule has 1 N–H and O–H groups in total. The first-order valence-electron chi connectivity index (χ1n) is 10.8. The van der Waals surface area contributed by atoms with Crippen LogP contribution >= 0.6 is 0 Å². The molecule has 0 radical (unpaired) electrons. The lowest BCUT2D eigenvalue weighted by molar-refractivity contribution is -0.139. The fourth-order valence-electron chi connectivity index (χ4n) is 3.75. The van der Waals surface area contributed by atoms with Crippen LogP contribution in [0.15, 0.2) is 23.1 Å². The zero-order valence-electron chi connectivity index (χ0n) is 18.5. The van der Waals surface area contributed by atoms with Crippen molar-refractivity contribution in [2.45, 2.75) is 31.6 Å². The van der Waals surface area contributed by atoms with E-state index in [0.717, 1.165) is 12.8 Å². The Morgan fingerprint density at radius 1 is 1.10 bits per heavy atom. The van der Waals surface area contributed by atoms with Crippen LogP contribution in [-0.4, -0.2) is 87.3 Å². The number of carbonyl (C=O) groups is 2. The summed E-state index contributed by atoms with van der Waals surface area (Å²) in [6.45, 7) is 6.48. The molecule has 0 bridgehead atoms. The third kappa shape index (κ3) is 5.30. The number of nitrogens with one attached hydrogen (secondary N) is 1. The van der Waals surface area contributed by atoms with Gasteiger partial charge in [0.05, 0.1) is 24.2 Å². The number of ether oxygens (including phenoxy) is 1. The highest BCUT2D eigenvalue weighted by Crippen LogP contribution is 2.31. The van der Waals surface area contributed by atoms with Crippen molar-refractivity contribution >= 4 is 27.5 Å². The summed E-state index contributed by atoms with van der Waals surface area (Å²) < 4.78 is 32.4. The smallest absolute Gasteiger partial charge is 0.243 e. The summed E-state index contributed by atoms with van der Waals surface area (Å²) in [6.07, 6.45) is 1.96. The van der Waals surface area contributed by atoms with Gasteiger partial charge >= 0.3 is 0 Å². The van der Waals surface area contributed by atoms with Gasteiger partial charge in [-0.2, -0.15) is 4.31 Å².